The van der Waals surface area contributed by atoms with Gasteiger partial charge < -0.3 is 47.9 Å². The zero-order valence-electron chi connectivity index (χ0n) is 37.2. The number of hydrogen-bond acceptors (Lipinski definition) is 14. The van der Waals surface area contributed by atoms with Crippen LogP contribution in [0.1, 0.15) is 79.8 Å². The van der Waals surface area contributed by atoms with Crippen molar-refractivity contribution >= 4 is 23.6 Å². The van der Waals surface area contributed by atoms with Gasteiger partial charge >= 0.3 is 12.1 Å². The van der Waals surface area contributed by atoms with E-state index in [0.29, 0.717) is 38.2 Å². The average Bonchev–Trinajstić information content (AvgIpc) is 3.44. The molecular formula is C44H65N5O11. The van der Waals surface area contributed by atoms with Gasteiger partial charge in [-0.2, -0.15) is 0 Å². The lowest BCUT2D eigenvalue weighted by Crippen LogP contribution is -2.59. The number of esters is 1. The van der Waals surface area contributed by atoms with Crippen LogP contribution in [0.2, 0.25) is 0 Å². The van der Waals surface area contributed by atoms with E-state index >= 15 is 0 Å². The van der Waals surface area contributed by atoms with Crippen molar-refractivity contribution in [1.82, 2.24) is 24.3 Å². The van der Waals surface area contributed by atoms with Crippen molar-refractivity contribution < 1.29 is 52.7 Å². The number of nitrogens with zero attached hydrogens (tertiary/aromatic N) is 5. The molecule has 5 heterocycles. The van der Waals surface area contributed by atoms with E-state index < -0.39 is 89.3 Å². The third-order valence-electron chi connectivity index (χ3n) is 13.8. The molecule has 2 aromatic heterocycles. The Balaban J connectivity index is 1.24. The van der Waals surface area contributed by atoms with Gasteiger partial charge in [-0.3, -0.25) is 14.4 Å². The summed E-state index contributed by atoms with van der Waals surface area (Å²) in [6, 6.07) is 2.69. The molecule has 16 heteroatoms. The number of aromatic nitrogens is 3. The minimum atomic E-state index is -1.26. The summed E-state index contributed by atoms with van der Waals surface area (Å²) >= 11 is 0. The predicted molar refractivity (Wildman–Crippen MR) is 219 cm³/mol. The molecule has 60 heavy (non-hydrogen) atoms. The highest BCUT2D eigenvalue weighted by Gasteiger charge is 2.78. The number of Topliss-reactive ketones (excluding diaryl/α,β-unsaturated/α-hetero) is 2. The molecule has 16 nitrogen and oxygen atoms in total. The van der Waals surface area contributed by atoms with E-state index in [-0.39, 0.29) is 24.3 Å². The topological polar surface area (TPSA) is 181 Å². The number of aliphatic hydroxyl groups excluding tert-OH is 1. The van der Waals surface area contributed by atoms with Crippen LogP contribution in [0.3, 0.4) is 0 Å². The van der Waals surface area contributed by atoms with Gasteiger partial charge in [0.2, 0.25) is 5.88 Å². The summed E-state index contributed by atoms with van der Waals surface area (Å²) in [6.45, 7) is 15.3. The fraction of sp³-hybridized carbons (Fsp3) is 0.727. The smallest absolute Gasteiger partial charge is 0.410 e. The van der Waals surface area contributed by atoms with Crippen LogP contribution in [0.15, 0.2) is 24.7 Å². The summed E-state index contributed by atoms with van der Waals surface area (Å²) in [6.07, 6.45) is 0.633. The molecule has 2 unspecified atom stereocenters. The number of ether oxygens (including phenoxy) is 6. The Bertz CT molecular complexity index is 1890. The van der Waals surface area contributed by atoms with Gasteiger partial charge in [-0.05, 0) is 73.5 Å². The zero-order valence-corrected chi connectivity index (χ0v) is 37.2. The SMILES string of the molecule is COc1ccc(-c2ncn(CCCCN3C(=O)O[C@]45C(C)[C@H]4OC(=O)[C@H](C)C(=O)[C@H](C)[C@@H](OC4O[C@H](C)C[C@H](N(C)C)[C@H]4O)[C@@](C)(OC)C[C@@H](C)C(=O)[C@H](C)[C@@H]35)c2C)cn1. The highest BCUT2D eigenvalue weighted by atomic mass is 16.7. The number of ketones is 2. The van der Waals surface area contributed by atoms with Gasteiger partial charge in [-0.15, -0.1) is 0 Å². The number of unbranched alkanes of at least 4 members (excludes halogenated alkanes) is 1. The number of amides is 1. The minimum absolute atomic E-state index is 0.135. The van der Waals surface area contributed by atoms with E-state index in [4.69, 9.17) is 28.4 Å². The molecule has 4 fully saturated rings. The molecule has 1 amide bonds. The summed E-state index contributed by atoms with van der Waals surface area (Å²) in [5.41, 5.74) is 0.149. The number of methoxy groups -OCH3 is 2. The Morgan fingerprint density at radius 2 is 1.67 bits per heavy atom. The largest absolute Gasteiger partial charge is 0.481 e. The number of carbonyl (C=O) groups is 4. The van der Waals surface area contributed by atoms with E-state index in [0.717, 1.165) is 17.0 Å². The van der Waals surface area contributed by atoms with Crippen molar-refractivity contribution in [3.8, 4) is 17.1 Å². The standard InChI is InChI=1S/C44H65N5O11/c1-23-20-43(8,56-12)38(59-41-36(52)31(47(9)10)19-24(2)57-41)26(4)35(51)27(5)40(53)58-39-28(6)44(39)37(25(3)34(23)50)49(42(54)60-44)18-14-13-17-48-22-46-33(29(48)7)30-15-16-32(55-11)45-21-30/h15-16,21-28,31,36-39,41,52H,13-14,17-20H2,1-12H3/t23-,24-,25+,26+,27-,28?,31+,36-,37-,38-,39-,41?,43+,44+/m1/s1. The fourth-order valence-electron chi connectivity index (χ4n) is 10.1. The Hall–Kier alpha value is -3.96. The molecule has 1 aliphatic carbocycles. The monoisotopic (exact) mass is 839 g/mol. The van der Waals surface area contributed by atoms with Gasteiger partial charge in [0.1, 0.15) is 17.8 Å². The number of likely N-dealkylation sites (N-methyl/N-ethyl adjacent to an activating group) is 1. The van der Waals surface area contributed by atoms with E-state index in [2.05, 4.69) is 14.5 Å². The number of carbonyl (C=O) groups excluding carboxylic acids is 4. The Kier molecular flexibility index (Phi) is 13.5. The van der Waals surface area contributed by atoms with Crippen molar-refractivity contribution in [3.05, 3.63) is 30.4 Å². The van der Waals surface area contributed by atoms with Gasteiger partial charge in [-0.1, -0.05) is 27.7 Å². The van der Waals surface area contributed by atoms with Crippen molar-refractivity contribution in [2.24, 2.45) is 29.6 Å². The van der Waals surface area contributed by atoms with Gasteiger partial charge in [0.25, 0.3) is 0 Å². The van der Waals surface area contributed by atoms with Gasteiger partial charge in [0.15, 0.2) is 23.8 Å². The molecule has 4 aliphatic rings. The maximum absolute atomic E-state index is 14.7. The summed E-state index contributed by atoms with van der Waals surface area (Å²) in [5.74, 6) is -4.75. The number of imidazole rings is 1. The number of pyridine rings is 1. The molecule has 1 N–H and O–H groups in total. The maximum atomic E-state index is 14.7. The summed E-state index contributed by atoms with van der Waals surface area (Å²) in [4.78, 5) is 69.2. The zero-order chi connectivity index (χ0) is 44.0. The maximum Gasteiger partial charge on any atom is 0.410 e. The van der Waals surface area contributed by atoms with Crippen LogP contribution in [0.4, 0.5) is 4.79 Å². The second kappa shape index (κ2) is 17.8. The summed E-state index contributed by atoms with van der Waals surface area (Å²) in [7, 11) is 6.81. The van der Waals surface area contributed by atoms with Gasteiger partial charge in [0, 0.05) is 73.4 Å². The molecule has 2 aromatic rings. The van der Waals surface area contributed by atoms with Crippen molar-refractivity contribution in [2.45, 2.75) is 142 Å². The Morgan fingerprint density at radius 3 is 2.30 bits per heavy atom. The normalized spacial score (nSPS) is 37.6. The molecule has 14 atom stereocenters. The Labute approximate surface area is 353 Å². The van der Waals surface area contributed by atoms with Crippen molar-refractivity contribution in [2.75, 3.05) is 34.9 Å². The Morgan fingerprint density at radius 1 is 0.967 bits per heavy atom. The fourth-order valence-corrected chi connectivity index (χ4v) is 10.1. The van der Waals surface area contributed by atoms with Gasteiger partial charge in [0.05, 0.1) is 43.0 Å². The molecule has 1 spiro atoms. The minimum Gasteiger partial charge on any atom is -0.481 e. The molecule has 332 valence electrons. The number of aryl methyl sites for hydroxylation is 1. The number of hydrogen-bond donors (Lipinski definition) is 1. The van der Waals surface area contributed by atoms with Crippen LogP contribution in [0.5, 0.6) is 5.88 Å². The molecule has 0 bridgehead atoms. The summed E-state index contributed by atoms with van der Waals surface area (Å²) < 4.78 is 38.4. The van der Waals surface area contributed by atoms with Crippen LogP contribution in [-0.2, 0) is 44.6 Å². The lowest BCUT2D eigenvalue weighted by molar-refractivity contribution is -0.295. The van der Waals surface area contributed by atoms with E-state index in [9.17, 15) is 24.3 Å². The van der Waals surface area contributed by atoms with Crippen LogP contribution >= 0.6 is 0 Å². The van der Waals surface area contributed by atoms with Crippen molar-refractivity contribution in [3.63, 3.8) is 0 Å². The molecule has 6 rings (SSSR count). The van der Waals surface area contributed by atoms with E-state index in [1.54, 1.807) is 44.4 Å². The van der Waals surface area contributed by atoms with Gasteiger partial charge in [-0.25, -0.2) is 14.8 Å². The summed E-state index contributed by atoms with van der Waals surface area (Å²) in [5, 5.41) is 11.4. The average molecular weight is 840 g/mol. The van der Waals surface area contributed by atoms with E-state index in [1.807, 2.05) is 59.7 Å². The van der Waals surface area contributed by atoms with Crippen molar-refractivity contribution in [1.29, 1.82) is 0 Å². The quantitative estimate of drug-likeness (QED) is 0.190. The predicted octanol–water partition coefficient (Wildman–Crippen LogP) is 4.47. The van der Waals surface area contributed by atoms with Crippen LogP contribution in [0.25, 0.3) is 11.3 Å². The third-order valence-corrected chi connectivity index (χ3v) is 13.8. The van der Waals surface area contributed by atoms with Crippen LogP contribution in [-0.4, -0.2) is 142 Å². The first-order valence-corrected chi connectivity index (χ1v) is 21.3. The van der Waals surface area contributed by atoms with Crippen LogP contribution in [0, 0.1) is 36.5 Å². The molecular weight excluding hydrogens is 775 g/mol. The highest BCUT2D eigenvalue weighted by Crippen LogP contribution is 2.59. The number of rotatable bonds is 11. The first kappa shape index (κ1) is 45.6. The first-order chi connectivity index (χ1) is 28.3. The first-order valence-electron chi connectivity index (χ1n) is 21.3. The molecule has 3 aliphatic heterocycles. The van der Waals surface area contributed by atoms with Crippen LogP contribution < -0.4 is 4.74 Å². The third kappa shape index (κ3) is 8.34. The van der Waals surface area contributed by atoms with E-state index in [1.165, 1.54) is 14.0 Å². The second-order valence-corrected chi connectivity index (χ2v) is 18.0. The lowest BCUT2D eigenvalue weighted by atomic mass is 9.75. The second-order valence-electron chi connectivity index (χ2n) is 18.0. The molecule has 3 saturated heterocycles. The molecule has 1 saturated carbocycles. The lowest BCUT2D eigenvalue weighted by Gasteiger charge is -2.46. The highest BCUT2D eigenvalue weighted by molar-refractivity contribution is 6.00. The number of aliphatic hydroxyl groups is 1. The molecule has 0 aromatic carbocycles. The molecule has 0 radical (unpaired) electrons.